The fourth-order valence-electron chi connectivity index (χ4n) is 4.41. The van der Waals surface area contributed by atoms with Crippen molar-refractivity contribution in [3.8, 4) is 5.69 Å². The Bertz CT molecular complexity index is 1170. The topological polar surface area (TPSA) is 62.7 Å². The predicted octanol–water partition coefficient (Wildman–Crippen LogP) is 3.80. The molecule has 3 heterocycles. The van der Waals surface area contributed by atoms with Gasteiger partial charge in [0.2, 0.25) is 0 Å². The molecule has 0 saturated carbocycles. The number of nitrogens with one attached hydrogen (secondary N) is 2. The van der Waals surface area contributed by atoms with Crippen LogP contribution >= 0.6 is 0 Å². The van der Waals surface area contributed by atoms with Gasteiger partial charge < -0.3 is 10.3 Å². The maximum Gasteiger partial charge on any atom is 0.276 e. The number of pyridine rings is 1. The number of benzene rings is 2. The summed E-state index contributed by atoms with van der Waals surface area (Å²) in [5.74, 6) is 0.726. The largest absolute Gasteiger partial charge is 0.320 e. The number of nitrogens with zero attached hydrogens (tertiary/aromatic N) is 2. The van der Waals surface area contributed by atoms with Gasteiger partial charge in [0.15, 0.2) is 5.52 Å². The molecule has 5 rings (SSSR count). The second kappa shape index (κ2) is 7.24. The van der Waals surface area contributed by atoms with Gasteiger partial charge in [0, 0.05) is 16.3 Å². The summed E-state index contributed by atoms with van der Waals surface area (Å²) >= 11 is 0. The lowest BCUT2D eigenvalue weighted by molar-refractivity contribution is 0.353. The second-order valence-electron chi connectivity index (χ2n) is 7.65. The molecule has 0 atom stereocenters. The number of aromatic nitrogens is 3. The van der Waals surface area contributed by atoms with Gasteiger partial charge in [-0.2, -0.15) is 5.10 Å². The van der Waals surface area contributed by atoms with E-state index in [2.05, 4.69) is 28.5 Å². The van der Waals surface area contributed by atoms with Crippen molar-refractivity contribution < 1.29 is 0 Å². The highest BCUT2D eigenvalue weighted by atomic mass is 16.1. The van der Waals surface area contributed by atoms with E-state index in [1.54, 1.807) is 0 Å². The van der Waals surface area contributed by atoms with E-state index in [9.17, 15) is 4.79 Å². The minimum atomic E-state index is -0.119. The number of hydrogen-bond donors (Lipinski definition) is 2. The summed E-state index contributed by atoms with van der Waals surface area (Å²) in [6, 6.07) is 18.2. The Morgan fingerprint density at radius 1 is 1.00 bits per heavy atom. The highest BCUT2D eigenvalue weighted by Crippen LogP contribution is 2.29. The Morgan fingerprint density at radius 3 is 2.57 bits per heavy atom. The van der Waals surface area contributed by atoms with Crippen molar-refractivity contribution in [2.45, 2.75) is 25.7 Å². The minimum Gasteiger partial charge on any atom is -0.320 e. The molecule has 2 N–H and O–H groups in total. The molecule has 0 spiro atoms. The summed E-state index contributed by atoms with van der Waals surface area (Å²) in [4.78, 5) is 15.7. The zero-order chi connectivity index (χ0) is 18.9. The predicted molar refractivity (Wildman–Crippen MR) is 113 cm³/mol. The molecule has 1 fully saturated rings. The number of H-pyrrole nitrogens is 1. The standard InChI is InChI=1S/C23H24N4O/c28-23-22-21(18-8-4-5-9-19(18)25-23)20(11-10-16-12-14-24-15-13-16)27(26-22)17-6-2-1-3-7-17/h1-9,16,24H,10-15H2,(H,25,28). The van der Waals surface area contributed by atoms with Crippen molar-refractivity contribution in [1.82, 2.24) is 20.1 Å². The number of para-hydroxylation sites is 2. The molecule has 2 aromatic heterocycles. The molecule has 1 aliphatic rings. The van der Waals surface area contributed by atoms with Crippen LogP contribution in [0.25, 0.3) is 27.5 Å². The third kappa shape index (κ3) is 3.02. The summed E-state index contributed by atoms with van der Waals surface area (Å²) in [5, 5.41) is 10.3. The zero-order valence-corrected chi connectivity index (χ0v) is 15.8. The van der Waals surface area contributed by atoms with E-state index in [1.807, 2.05) is 41.1 Å². The van der Waals surface area contributed by atoms with Crippen molar-refractivity contribution in [1.29, 1.82) is 0 Å². The number of fused-ring (bicyclic) bond motifs is 3. The van der Waals surface area contributed by atoms with Crippen molar-refractivity contribution in [2.24, 2.45) is 5.92 Å². The fraction of sp³-hybridized carbons (Fsp3) is 0.304. The molecule has 5 heteroatoms. The monoisotopic (exact) mass is 372 g/mol. The lowest BCUT2D eigenvalue weighted by atomic mass is 9.92. The van der Waals surface area contributed by atoms with E-state index in [0.717, 1.165) is 59.5 Å². The van der Waals surface area contributed by atoms with E-state index in [0.29, 0.717) is 5.52 Å². The Labute approximate surface area is 163 Å². The second-order valence-corrected chi connectivity index (χ2v) is 7.65. The number of hydrogen-bond acceptors (Lipinski definition) is 3. The molecule has 4 aromatic rings. The van der Waals surface area contributed by atoms with Gasteiger partial charge >= 0.3 is 0 Å². The Kier molecular flexibility index (Phi) is 4.45. The number of piperidine rings is 1. The lowest BCUT2D eigenvalue weighted by Gasteiger charge is -2.22. The van der Waals surface area contributed by atoms with E-state index in [4.69, 9.17) is 5.10 Å². The third-order valence-electron chi connectivity index (χ3n) is 5.89. The Hall–Kier alpha value is -2.92. The summed E-state index contributed by atoms with van der Waals surface area (Å²) in [6.07, 6.45) is 4.48. The van der Waals surface area contributed by atoms with Crippen LogP contribution in [0.3, 0.4) is 0 Å². The minimum absolute atomic E-state index is 0.119. The molecule has 0 unspecified atom stereocenters. The Morgan fingerprint density at radius 2 is 1.75 bits per heavy atom. The van der Waals surface area contributed by atoms with Crippen LogP contribution in [0.4, 0.5) is 0 Å². The maximum absolute atomic E-state index is 12.8. The van der Waals surface area contributed by atoms with Crippen molar-refractivity contribution in [3.63, 3.8) is 0 Å². The quantitative estimate of drug-likeness (QED) is 0.573. The van der Waals surface area contributed by atoms with Crippen LogP contribution in [0, 0.1) is 5.92 Å². The molecule has 0 radical (unpaired) electrons. The molecule has 1 saturated heterocycles. The van der Waals surface area contributed by atoms with Crippen molar-refractivity contribution in [3.05, 3.63) is 70.6 Å². The number of aromatic amines is 1. The van der Waals surface area contributed by atoms with Gasteiger partial charge in [0.1, 0.15) is 0 Å². The molecule has 1 aliphatic heterocycles. The Balaban J connectivity index is 1.70. The van der Waals surface area contributed by atoms with Crippen LogP contribution in [0.5, 0.6) is 0 Å². The summed E-state index contributed by atoms with van der Waals surface area (Å²) in [5.41, 5.74) is 3.43. The maximum atomic E-state index is 12.8. The first-order chi connectivity index (χ1) is 13.8. The average molecular weight is 372 g/mol. The molecule has 142 valence electrons. The van der Waals surface area contributed by atoms with Gasteiger partial charge in [0.25, 0.3) is 5.56 Å². The first kappa shape index (κ1) is 17.2. The fourth-order valence-corrected chi connectivity index (χ4v) is 4.41. The zero-order valence-electron chi connectivity index (χ0n) is 15.8. The van der Waals surface area contributed by atoms with E-state index in [-0.39, 0.29) is 5.56 Å². The van der Waals surface area contributed by atoms with Crippen molar-refractivity contribution >= 4 is 21.8 Å². The molecule has 28 heavy (non-hydrogen) atoms. The van der Waals surface area contributed by atoms with E-state index >= 15 is 0 Å². The molecular weight excluding hydrogens is 348 g/mol. The molecule has 0 bridgehead atoms. The molecule has 2 aromatic carbocycles. The number of rotatable bonds is 4. The van der Waals surface area contributed by atoms with E-state index < -0.39 is 0 Å². The lowest BCUT2D eigenvalue weighted by Crippen LogP contribution is -2.28. The summed E-state index contributed by atoms with van der Waals surface area (Å²) < 4.78 is 1.98. The van der Waals surface area contributed by atoms with Gasteiger partial charge in [-0.25, -0.2) is 4.68 Å². The normalized spacial score (nSPS) is 15.4. The van der Waals surface area contributed by atoms with Gasteiger partial charge in [-0.05, 0) is 62.9 Å². The summed E-state index contributed by atoms with van der Waals surface area (Å²) in [7, 11) is 0. The average Bonchev–Trinajstić information content (AvgIpc) is 3.14. The molecular formula is C23H24N4O. The third-order valence-corrected chi connectivity index (χ3v) is 5.89. The van der Waals surface area contributed by atoms with Crippen LogP contribution in [-0.2, 0) is 6.42 Å². The van der Waals surface area contributed by atoms with Crippen molar-refractivity contribution in [2.75, 3.05) is 13.1 Å². The van der Waals surface area contributed by atoms with Gasteiger partial charge in [-0.3, -0.25) is 4.79 Å². The van der Waals surface area contributed by atoms with Crippen LogP contribution in [0.1, 0.15) is 25.0 Å². The van der Waals surface area contributed by atoms with Crippen LogP contribution in [0.15, 0.2) is 59.4 Å². The van der Waals surface area contributed by atoms with E-state index in [1.165, 1.54) is 12.8 Å². The SMILES string of the molecule is O=c1[nH]c2ccccc2c2c(CCC3CCNCC3)n(-c3ccccc3)nc12. The number of aryl methyl sites for hydroxylation is 1. The smallest absolute Gasteiger partial charge is 0.276 e. The van der Waals surface area contributed by atoms with Gasteiger partial charge in [-0.15, -0.1) is 0 Å². The van der Waals surface area contributed by atoms with Gasteiger partial charge in [0.05, 0.1) is 11.4 Å². The van der Waals surface area contributed by atoms with Crippen LogP contribution in [-0.4, -0.2) is 27.9 Å². The highest BCUT2D eigenvalue weighted by molar-refractivity contribution is 6.05. The highest BCUT2D eigenvalue weighted by Gasteiger charge is 2.20. The molecule has 0 aliphatic carbocycles. The van der Waals surface area contributed by atoms with Gasteiger partial charge in [-0.1, -0.05) is 36.4 Å². The molecule has 5 nitrogen and oxygen atoms in total. The van der Waals surface area contributed by atoms with Crippen LogP contribution in [0.2, 0.25) is 0 Å². The summed E-state index contributed by atoms with van der Waals surface area (Å²) in [6.45, 7) is 2.21. The molecule has 0 amide bonds. The first-order valence-corrected chi connectivity index (χ1v) is 10.1. The first-order valence-electron chi connectivity index (χ1n) is 10.1. The van der Waals surface area contributed by atoms with Crippen LogP contribution < -0.4 is 10.9 Å².